The third-order valence-electron chi connectivity index (χ3n) is 3.47. The average Bonchev–Trinajstić information content (AvgIpc) is 2.53. The Morgan fingerprint density at radius 1 is 1.17 bits per heavy atom. The molecular formula is C15H23N5O4. The zero-order valence-electron chi connectivity index (χ0n) is 14.4. The Morgan fingerprint density at radius 3 is 2.33 bits per heavy atom. The molecule has 1 fully saturated rings. The molecule has 0 aliphatic carbocycles. The van der Waals surface area contributed by atoms with Crippen molar-refractivity contribution in [1.82, 2.24) is 14.9 Å². The van der Waals surface area contributed by atoms with E-state index in [1.54, 1.807) is 4.90 Å². The molecule has 0 spiro atoms. The fourth-order valence-electron chi connectivity index (χ4n) is 2.32. The number of anilines is 2. The van der Waals surface area contributed by atoms with E-state index in [9.17, 15) is 9.59 Å². The molecule has 9 heteroatoms. The summed E-state index contributed by atoms with van der Waals surface area (Å²) in [6, 6.07) is 0. The number of amides is 1. The van der Waals surface area contributed by atoms with E-state index in [1.807, 2.05) is 25.7 Å². The van der Waals surface area contributed by atoms with Gasteiger partial charge in [0.05, 0.1) is 7.11 Å². The Labute approximate surface area is 140 Å². The third-order valence-corrected chi connectivity index (χ3v) is 3.47. The van der Waals surface area contributed by atoms with Gasteiger partial charge in [-0.1, -0.05) is 0 Å². The fraction of sp³-hybridized carbons (Fsp3) is 0.600. The molecule has 0 saturated carbocycles. The van der Waals surface area contributed by atoms with Gasteiger partial charge in [0.15, 0.2) is 11.5 Å². The molecule has 1 aliphatic heterocycles. The summed E-state index contributed by atoms with van der Waals surface area (Å²) in [4.78, 5) is 35.3. The third kappa shape index (κ3) is 4.03. The summed E-state index contributed by atoms with van der Waals surface area (Å²) in [5.41, 5.74) is 5.68. The van der Waals surface area contributed by atoms with Crippen LogP contribution in [0.2, 0.25) is 0 Å². The van der Waals surface area contributed by atoms with Gasteiger partial charge in [0.1, 0.15) is 17.6 Å². The van der Waals surface area contributed by atoms with E-state index in [1.165, 1.54) is 13.4 Å². The number of nitrogen functional groups attached to an aromatic ring is 1. The van der Waals surface area contributed by atoms with E-state index >= 15 is 0 Å². The number of hydrogen-bond acceptors (Lipinski definition) is 8. The molecule has 0 radical (unpaired) electrons. The van der Waals surface area contributed by atoms with Crippen LogP contribution in [0.1, 0.15) is 31.3 Å². The molecule has 2 heterocycles. The zero-order valence-corrected chi connectivity index (χ0v) is 14.4. The normalized spacial score (nSPS) is 15.2. The second-order valence-electron chi connectivity index (χ2n) is 6.41. The maximum absolute atomic E-state index is 12.1. The van der Waals surface area contributed by atoms with Gasteiger partial charge in [-0.25, -0.2) is 19.6 Å². The molecule has 2 N–H and O–H groups in total. The molecule has 1 amide bonds. The van der Waals surface area contributed by atoms with Gasteiger partial charge in [-0.3, -0.25) is 0 Å². The van der Waals surface area contributed by atoms with E-state index in [4.69, 9.17) is 10.5 Å². The predicted molar refractivity (Wildman–Crippen MR) is 87.8 cm³/mol. The quantitative estimate of drug-likeness (QED) is 0.793. The second-order valence-corrected chi connectivity index (χ2v) is 6.41. The first-order valence-corrected chi connectivity index (χ1v) is 7.64. The van der Waals surface area contributed by atoms with E-state index in [0.29, 0.717) is 32.0 Å². The van der Waals surface area contributed by atoms with Gasteiger partial charge in [-0.15, -0.1) is 0 Å². The Balaban J connectivity index is 2.05. The van der Waals surface area contributed by atoms with E-state index in [2.05, 4.69) is 14.7 Å². The predicted octanol–water partition coefficient (Wildman–Crippen LogP) is 0.902. The molecule has 24 heavy (non-hydrogen) atoms. The van der Waals surface area contributed by atoms with Crippen LogP contribution in [0.3, 0.4) is 0 Å². The average molecular weight is 337 g/mol. The summed E-state index contributed by atoms with van der Waals surface area (Å²) in [5.74, 6) is -0.141. The van der Waals surface area contributed by atoms with E-state index in [-0.39, 0.29) is 17.5 Å². The van der Waals surface area contributed by atoms with Gasteiger partial charge >= 0.3 is 12.1 Å². The van der Waals surface area contributed by atoms with Crippen molar-refractivity contribution in [1.29, 1.82) is 0 Å². The van der Waals surface area contributed by atoms with Crippen LogP contribution < -0.4 is 10.6 Å². The smallest absolute Gasteiger partial charge is 0.410 e. The molecule has 9 nitrogen and oxygen atoms in total. The largest absolute Gasteiger partial charge is 0.464 e. The van der Waals surface area contributed by atoms with E-state index in [0.717, 1.165) is 0 Å². The molecule has 132 valence electrons. The van der Waals surface area contributed by atoms with Crippen molar-refractivity contribution in [3.05, 3.63) is 12.0 Å². The van der Waals surface area contributed by atoms with Crippen molar-refractivity contribution < 1.29 is 19.1 Å². The number of nitrogens with zero attached hydrogens (tertiary/aromatic N) is 4. The van der Waals surface area contributed by atoms with Crippen molar-refractivity contribution in [2.45, 2.75) is 26.4 Å². The maximum Gasteiger partial charge on any atom is 0.410 e. The number of piperazine rings is 1. The van der Waals surface area contributed by atoms with Crippen LogP contribution in [0.5, 0.6) is 0 Å². The molecule has 1 aromatic heterocycles. The number of methoxy groups -OCH3 is 1. The van der Waals surface area contributed by atoms with Gasteiger partial charge in [-0.05, 0) is 20.8 Å². The molecule has 2 rings (SSSR count). The fourth-order valence-corrected chi connectivity index (χ4v) is 2.32. The van der Waals surface area contributed by atoms with Crippen molar-refractivity contribution in [3.8, 4) is 0 Å². The lowest BCUT2D eigenvalue weighted by Gasteiger charge is -2.36. The summed E-state index contributed by atoms with van der Waals surface area (Å²) in [5, 5.41) is 0. The molecule has 0 atom stereocenters. The van der Waals surface area contributed by atoms with Crippen LogP contribution in [0.25, 0.3) is 0 Å². The van der Waals surface area contributed by atoms with Gasteiger partial charge in [0.25, 0.3) is 0 Å². The zero-order chi connectivity index (χ0) is 17.9. The molecular weight excluding hydrogens is 314 g/mol. The van der Waals surface area contributed by atoms with Gasteiger partial charge in [0.2, 0.25) is 0 Å². The summed E-state index contributed by atoms with van der Waals surface area (Å²) in [6.07, 6.45) is 0.936. The van der Waals surface area contributed by atoms with Crippen LogP contribution in [-0.4, -0.2) is 65.8 Å². The highest BCUT2D eigenvalue weighted by atomic mass is 16.6. The molecule has 0 unspecified atom stereocenters. The Kier molecular flexibility index (Phi) is 5.10. The summed E-state index contributed by atoms with van der Waals surface area (Å²) >= 11 is 0. The lowest BCUT2D eigenvalue weighted by molar-refractivity contribution is 0.0240. The number of esters is 1. The minimum absolute atomic E-state index is 0.0390. The highest BCUT2D eigenvalue weighted by molar-refractivity contribution is 5.95. The van der Waals surface area contributed by atoms with Crippen molar-refractivity contribution in [3.63, 3.8) is 0 Å². The number of hydrogen-bond donors (Lipinski definition) is 1. The number of ether oxygens (including phenoxy) is 2. The first-order valence-electron chi connectivity index (χ1n) is 7.64. The molecule has 1 aromatic rings. The lowest BCUT2D eigenvalue weighted by atomic mass is 10.2. The Hall–Kier alpha value is -2.58. The van der Waals surface area contributed by atoms with Gasteiger partial charge in [-0.2, -0.15) is 0 Å². The topological polar surface area (TPSA) is 111 Å². The Morgan fingerprint density at radius 2 is 1.79 bits per heavy atom. The van der Waals surface area contributed by atoms with Crippen LogP contribution in [0.4, 0.5) is 16.3 Å². The number of rotatable bonds is 2. The summed E-state index contributed by atoms with van der Waals surface area (Å²) in [6.45, 7) is 7.51. The second kappa shape index (κ2) is 6.90. The molecule has 1 saturated heterocycles. The minimum Gasteiger partial charge on any atom is -0.464 e. The molecule has 1 aliphatic rings. The van der Waals surface area contributed by atoms with Crippen molar-refractivity contribution >= 4 is 23.6 Å². The first-order chi connectivity index (χ1) is 11.2. The highest BCUT2D eigenvalue weighted by Crippen LogP contribution is 2.24. The number of carbonyl (C=O) groups is 2. The maximum atomic E-state index is 12.1. The van der Waals surface area contributed by atoms with Crippen LogP contribution in [0, 0.1) is 0 Å². The first kappa shape index (κ1) is 17.8. The van der Waals surface area contributed by atoms with Gasteiger partial charge < -0.3 is 25.0 Å². The molecule has 0 aromatic carbocycles. The SMILES string of the molecule is COC(=O)c1ncnc(N2CCN(C(=O)OC(C)(C)C)CC2)c1N. The number of nitrogens with two attached hydrogens (primary N) is 1. The number of aromatic nitrogens is 2. The van der Waals surface area contributed by atoms with Gasteiger partial charge in [0, 0.05) is 26.2 Å². The minimum atomic E-state index is -0.608. The Bertz CT molecular complexity index is 621. The van der Waals surface area contributed by atoms with E-state index < -0.39 is 11.6 Å². The summed E-state index contributed by atoms with van der Waals surface area (Å²) in [7, 11) is 1.27. The molecule has 0 bridgehead atoms. The monoisotopic (exact) mass is 337 g/mol. The van der Waals surface area contributed by atoms with Crippen molar-refractivity contribution in [2.24, 2.45) is 0 Å². The van der Waals surface area contributed by atoms with Crippen LogP contribution in [-0.2, 0) is 9.47 Å². The standard InChI is InChI=1S/C15H23N5O4/c1-15(2,3)24-14(22)20-7-5-19(6-8-20)12-10(16)11(13(21)23-4)17-9-18-12/h9H,5-8,16H2,1-4H3. The number of carbonyl (C=O) groups excluding carboxylic acids is 2. The van der Waals surface area contributed by atoms with Crippen LogP contribution >= 0.6 is 0 Å². The van der Waals surface area contributed by atoms with Crippen molar-refractivity contribution in [2.75, 3.05) is 43.9 Å². The lowest BCUT2D eigenvalue weighted by Crippen LogP contribution is -2.50. The highest BCUT2D eigenvalue weighted by Gasteiger charge is 2.28. The summed E-state index contributed by atoms with van der Waals surface area (Å²) < 4.78 is 10.0. The van der Waals surface area contributed by atoms with Crippen LogP contribution in [0.15, 0.2) is 6.33 Å².